The molecule has 1 heterocycles. The minimum Gasteiger partial charge on any atom is -0.309 e. The highest BCUT2D eigenvalue weighted by Crippen LogP contribution is 2.42. The lowest BCUT2D eigenvalue weighted by molar-refractivity contribution is 0.369. The van der Waals surface area contributed by atoms with E-state index in [2.05, 4.69) is 46.5 Å². The third-order valence-electron chi connectivity index (χ3n) is 3.56. The molecule has 0 spiro atoms. The number of rotatable bonds is 4. The minimum atomic E-state index is 0.560. The number of hydrogen-bond acceptors (Lipinski definition) is 2. The molecule has 1 aromatic rings. The zero-order valence-corrected chi connectivity index (χ0v) is 12.4. The van der Waals surface area contributed by atoms with E-state index in [-0.39, 0.29) is 0 Å². The Morgan fingerprint density at radius 3 is 2.88 bits per heavy atom. The van der Waals surface area contributed by atoms with Crippen molar-refractivity contribution < 1.29 is 0 Å². The summed E-state index contributed by atoms with van der Waals surface area (Å²) < 4.78 is 1.28. The molecule has 0 aliphatic heterocycles. The molecule has 3 atom stereocenters. The molecular formula is C13H20BrNS. The van der Waals surface area contributed by atoms with Crippen LogP contribution in [-0.2, 0) is 0 Å². The quantitative estimate of drug-likeness (QED) is 0.857. The molecule has 0 saturated heterocycles. The molecule has 0 amide bonds. The average molecular weight is 302 g/mol. The van der Waals surface area contributed by atoms with Crippen molar-refractivity contribution in [1.82, 2.24) is 5.32 Å². The first-order valence-electron chi connectivity index (χ1n) is 6.18. The molecule has 0 aromatic carbocycles. The summed E-state index contributed by atoms with van der Waals surface area (Å²) in [4.78, 5) is 1.49. The highest BCUT2D eigenvalue weighted by atomic mass is 79.9. The largest absolute Gasteiger partial charge is 0.309 e. The van der Waals surface area contributed by atoms with E-state index in [1.54, 1.807) is 0 Å². The summed E-state index contributed by atoms with van der Waals surface area (Å²) in [6.45, 7) is 5.64. The predicted molar refractivity (Wildman–Crippen MR) is 74.9 cm³/mol. The fourth-order valence-electron chi connectivity index (χ4n) is 2.77. The molecule has 1 aromatic heterocycles. The Morgan fingerprint density at radius 2 is 2.38 bits per heavy atom. The first-order valence-corrected chi connectivity index (χ1v) is 7.86. The second kappa shape index (κ2) is 5.65. The highest BCUT2D eigenvalue weighted by Gasteiger charge is 2.30. The first kappa shape index (κ1) is 12.6. The average Bonchev–Trinajstić information content (AvgIpc) is 2.84. The van der Waals surface area contributed by atoms with Gasteiger partial charge in [0.15, 0.2) is 0 Å². The van der Waals surface area contributed by atoms with Crippen LogP contribution in [0.2, 0.25) is 0 Å². The monoisotopic (exact) mass is 301 g/mol. The van der Waals surface area contributed by atoms with Crippen molar-refractivity contribution in [3.8, 4) is 0 Å². The Morgan fingerprint density at radius 1 is 1.56 bits per heavy atom. The van der Waals surface area contributed by atoms with Crippen molar-refractivity contribution in [2.24, 2.45) is 11.8 Å². The SMILES string of the molecule is CCNC(c1sccc1Br)C1CCC(C)C1. The van der Waals surface area contributed by atoms with Gasteiger partial charge in [-0.05, 0) is 58.6 Å². The summed E-state index contributed by atoms with van der Waals surface area (Å²) in [6, 6.07) is 2.73. The van der Waals surface area contributed by atoms with Crippen LogP contribution in [0.5, 0.6) is 0 Å². The van der Waals surface area contributed by atoms with Gasteiger partial charge in [0.1, 0.15) is 0 Å². The molecule has 3 unspecified atom stereocenters. The molecule has 1 nitrogen and oxygen atoms in total. The molecule has 3 heteroatoms. The van der Waals surface area contributed by atoms with Crippen LogP contribution in [-0.4, -0.2) is 6.54 Å². The van der Waals surface area contributed by atoms with Gasteiger partial charge in [-0.25, -0.2) is 0 Å². The van der Waals surface area contributed by atoms with Crippen molar-refractivity contribution in [1.29, 1.82) is 0 Å². The van der Waals surface area contributed by atoms with E-state index in [1.807, 2.05) is 11.3 Å². The molecule has 16 heavy (non-hydrogen) atoms. The van der Waals surface area contributed by atoms with Gasteiger partial charge < -0.3 is 5.32 Å². The van der Waals surface area contributed by atoms with Crippen LogP contribution in [0, 0.1) is 11.8 Å². The fraction of sp³-hybridized carbons (Fsp3) is 0.692. The topological polar surface area (TPSA) is 12.0 Å². The summed E-state index contributed by atoms with van der Waals surface area (Å²) in [5.74, 6) is 1.73. The van der Waals surface area contributed by atoms with Gasteiger partial charge in [0.05, 0.1) is 0 Å². The van der Waals surface area contributed by atoms with Gasteiger partial charge in [-0.15, -0.1) is 11.3 Å². The molecule has 1 fully saturated rings. The smallest absolute Gasteiger partial charge is 0.0454 e. The van der Waals surface area contributed by atoms with E-state index in [0.717, 1.165) is 18.4 Å². The highest BCUT2D eigenvalue weighted by molar-refractivity contribution is 9.10. The minimum absolute atomic E-state index is 0.560. The van der Waals surface area contributed by atoms with E-state index in [0.29, 0.717) is 6.04 Å². The van der Waals surface area contributed by atoms with Crippen molar-refractivity contribution in [3.05, 3.63) is 20.8 Å². The molecule has 90 valence electrons. The lowest BCUT2D eigenvalue weighted by atomic mass is 9.95. The van der Waals surface area contributed by atoms with Crippen molar-refractivity contribution >= 4 is 27.3 Å². The number of halogens is 1. The Labute approximate surface area is 111 Å². The lowest BCUT2D eigenvalue weighted by Gasteiger charge is -2.24. The Balaban J connectivity index is 2.14. The van der Waals surface area contributed by atoms with E-state index >= 15 is 0 Å². The molecule has 1 saturated carbocycles. The second-order valence-electron chi connectivity index (χ2n) is 4.85. The van der Waals surface area contributed by atoms with Gasteiger partial charge in [-0.1, -0.05) is 20.3 Å². The molecule has 0 bridgehead atoms. The van der Waals surface area contributed by atoms with E-state index in [1.165, 1.54) is 28.6 Å². The standard InChI is InChI=1S/C13H20BrNS/c1-3-15-12(10-5-4-9(2)8-10)13-11(14)6-7-16-13/h6-7,9-10,12,15H,3-5,8H2,1-2H3. The van der Waals surface area contributed by atoms with Crippen LogP contribution in [0.1, 0.15) is 44.0 Å². The van der Waals surface area contributed by atoms with E-state index in [9.17, 15) is 0 Å². The summed E-state index contributed by atoms with van der Waals surface area (Å²) in [5.41, 5.74) is 0. The van der Waals surface area contributed by atoms with E-state index < -0.39 is 0 Å². The van der Waals surface area contributed by atoms with Gasteiger partial charge in [0.25, 0.3) is 0 Å². The Kier molecular flexibility index (Phi) is 4.45. The zero-order valence-electron chi connectivity index (χ0n) is 10.0. The van der Waals surface area contributed by atoms with Crippen LogP contribution >= 0.6 is 27.3 Å². The maximum Gasteiger partial charge on any atom is 0.0454 e. The predicted octanol–water partition coefficient (Wildman–Crippen LogP) is 4.60. The summed E-state index contributed by atoms with van der Waals surface area (Å²) in [7, 11) is 0. The van der Waals surface area contributed by atoms with Crippen molar-refractivity contribution in [2.75, 3.05) is 6.54 Å². The molecular weight excluding hydrogens is 282 g/mol. The van der Waals surface area contributed by atoms with Gasteiger partial charge in [-0.2, -0.15) is 0 Å². The summed E-state index contributed by atoms with van der Waals surface area (Å²) in [6.07, 6.45) is 4.15. The summed E-state index contributed by atoms with van der Waals surface area (Å²) >= 11 is 5.55. The van der Waals surface area contributed by atoms with Crippen LogP contribution in [0.25, 0.3) is 0 Å². The maximum absolute atomic E-state index is 3.67. The first-order chi connectivity index (χ1) is 7.72. The molecule has 1 aliphatic carbocycles. The normalized spacial score (nSPS) is 27.2. The van der Waals surface area contributed by atoms with Gasteiger partial charge in [-0.3, -0.25) is 0 Å². The third-order valence-corrected chi connectivity index (χ3v) is 5.51. The van der Waals surface area contributed by atoms with Crippen LogP contribution < -0.4 is 5.32 Å². The van der Waals surface area contributed by atoms with Gasteiger partial charge >= 0.3 is 0 Å². The number of hydrogen-bond donors (Lipinski definition) is 1. The van der Waals surface area contributed by atoms with Crippen LogP contribution in [0.3, 0.4) is 0 Å². The Hall–Kier alpha value is 0.140. The number of thiophene rings is 1. The van der Waals surface area contributed by atoms with Gasteiger partial charge in [0, 0.05) is 15.4 Å². The fourth-order valence-corrected chi connectivity index (χ4v) is 4.56. The Bertz CT molecular complexity index is 336. The van der Waals surface area contributed by atoms with Gasteiger partial charge in [0.2, 0.25) is 0 Å². The molecule has 1 aliphatic rings. The lowest BCUT2D eigenvalue weighted by Crippen LogP contribution is -2.26. The zero-order chi connectivity index (χ0) is 11.5. The van der Waals surface area contributed by atoms with Crippen molar-refractivity contribution in [2.45, 2.75) is 39.2 Å². The van der Waals surface area contributed by atoms with E-state index in [4.69, 9.17) is 0 Å². The molecule has 1 N–H and O–H groups in total. The maximum atomic E-state index is 3.67. The van der Waals surface area contributed by atoms with Crippen molar-refractivity contribution in [3.63, 3.8) is 0 Å². The molecule has 0 radical (unpaired) electrons. The van der Waals surface area contributed by atoms with Crippen LogP contribution in [0.15, 0.2) is 15.9 Å². The number of nitrogens with one attached hydrogen (secondary N) is 1. The summed E-state index contributed by atoms with van der Waals surface area (Å²) in [5, 5.41) is 5.85. The second-order valence-corrected chi connectivity index (χ2v) is 6.65. The third kappa shape index (κ3) is 2.69. The van der Waals surface area contributed by atoms with Crippen LogP contribution in [0.4, 0.5) is 0 Å². The molecule has 2 rings (SSSR count).